The van der Waals surface area contributed by atoms with Crippen molar-refractivity contribution in [2.45, 2.75) is 17.9 Å². The molecule has 1 atom stereocenters. The summed E-state index contributed by atoms with van der Waals surface area (Å²) in [5.41, 5.74) is 0. The Morgan fingerprint density at radius 3 is 2.54 bits per heavy atom. The van der Waals surface area contributed by atoms with Crippen LogP contribution in [0.3, 0.4) is 0 Å². The number of thioether (sulfide) groups is 1. The third kappa shape index (κ3) is 4.36. The van der Waals surface area contributed by atoms with Crippen LogP contribution in [0.4, 0.5) is 0 Å². The number of halogens is 1. The van der Waals surface area contributed by atoms with E-state index in [0.717, 1.165) is 9.92 Å². The largest absolute Gasteiger partial charge is 0.389 e. The van der Waals surface area contributed by atoms with Gasteiger partial charge in [-0.1, -0.05) is 23.4 Å². The normalized spacial score (nSPS) is 13.5. The molecule has 1 N–H and O–H groups in total. The van der Waals surface area contributed by atoms with Gasteiger partial charge < -0.3 is 5.11 Å². The summed E-state index contributed by atoms with van der Waals surface area (Å²) >= 11 is 7.29. The first-order valence-electron chi connectivity index (χ1n) is 3.95. The van der Waals surface area contributed by atoms with E-state index in [9.17, 15) is 0 Å². The van der Waals surface area contributed by atoms with Gasteiger partial charge in [-0.2, -0.15) is 0 Å². The van der Waals surface area contributed by atoms with Gasteiger partial charge in [0.2, 0.25) is 0 Å². The van der Waals surface area contributed by atoms with Crippen LogP contribution in [0.25, 0.3) is 0 Å². The van der Waals surface area contributed by atoms with Crippen molar-refractivity contribution < 1.29 is 5.11 Å². The molecule has 3 heteroatoms. The SMILES string of the molecule is CC(O)/C=C\Sc1ccc(Cl)cc1. The number of aliphatic hydroxyl groups is 1. The molecular weight excluding hydrogens is 204 g/mol. The molecule has 1 rings (SSSR count). The van der Waals surface area contributed by atoms with Crippen LogP contribution in [0.2, 0.25) is 5.02 Å². The van der Waals surface area contributed by atoms with Crippen molar-refractivity contribution in [2.24, 2.45) is 0 Å². The van der Waals surface area contributed by atoms with Crippen LogP contribution in [0, 0.1) is 0 Å². The van der Waals surface area contributed by atoms with Crippen LogP contribution in [0.1, 0.15) is 6.92 Å². The Kier molecular flexibility index (Phi) is 4.36. The van der Waals surface area contributed by atoms with Gasteiger partial charge in [-0.3, -0.25) is 0 Å². The zero-order chi connectivity index (χ0) is 9.68. The van der Waals surface area contributed by atoms with E-state index in [1.54, 1.807) is 24.8 Å². The highest BCUT2D eigenvalue weighted by molar-refractivity contribution is 8.02. The highest BCUT2D eigenvalue weighted by Crippen LogP contribution is 2.21. The van der Waals surface area contributed by atoms with Crippen molar-refractivity contribution in [1.29, 1.82) is 0 Å². The molecule has 1 nitrogen and oxygen atoms in total. The maximum atomic E-state index is 8.95. The van der Waals surface area contributed by atoms with Gasteiger partial charge in [0.15, 0.2) is 0 Å². The smallest absolute Gasteiger partial charge is 0.0700 e. The molecule has 13 heavy (non-hydrogen) atoms. The molecule has 0 heterocycles. The molecule has 0 amide bonds. The molecule has 0 aromatic heterocycles. The average Bonchev–Trinajstić information content (AvgIpc) is 2.08. The van der Waals surface area contributed by atoms with Crippen molar-refractivity contribution in [3.63, 3.8) is 0 Å². The summed E-state index contributed by atoms with van der Waals surface area (Å²) < 4.78 is 0. The lowest BCUT2D eigenvalue weighted by Crippen LogP contribution is -1.90. The Morgan fingerprint density at radius 1 is 1.38 bits per heavy atom. The first kappa shape index (κ1) is 10.6. The molecule has 0 spiro atoms. The number of hydrogen-bond donors (Lipinski definition) is 1. The fraction of sp³-hybridized carbons (Fsp3) is 0.200. The first-order valence-corrected chi connectivity index (χ1v) is 5.21. The molecule has 0 aliphatic heterocycles. The highest BCUT2D eigenvalue weighted by atomic mass is 35.5. The van der Waals surface area contributed by atoms with E-state index in [1.807, 2.05) is 29.7 Å². The van der Waals surface area contributed by atoms with Gasteiger partial charge in [-0.15, -0.1) is 0 Å². The molecule has 1 aromatic carbocycles. The van der Waals surface area contributed by atoms with E-state index in [-0.39, 0.29) is 6.10 Å². The molecule has 70 valence electrons. The predicted molar refractivity (Wildman–Crippen MR) is 58.1 cm³/mol. The van der Waals surface area contributed by atoms with E-state index >= 15 is 0 Å². The standard InChI is InChI=1S/C10H11ClOS/c1-8(12)6-7-13-10-4-2-9(11)3-5-10/h2-8,12H,1H3/b7-6-. The monoisotopic (exact) mass is 214 g/mol. The second kappa shape index (κ2) is 5.32. The number of aliphatic hydroxyl groups excluding tert-OH is 1. The maximum absolute atomic E-state index is 8.95. The summed E-state index contributed by atoms with van der Waals surface area (Å²) in [5, 5.41) is 11.6. The van der Waals surface area contributed by atoms with E-state index in [4.69, 9.17) is 16.7 Å². The quantitative estimate of drug-likeness (QED) is 0.779. The van der Waals surface area contributed by atoms with E-state index in [2.05, 4.69) is 0 Å². The lowest BCUT2D eigenvalue weighted by atomic mass is 10.4. The van der Waals surface area contributed by atoms with Gasteiger partial charge in [0.05, 0.1) is 6.10 Å². The zero-order valence-corrected chi connectivity index (χ0v) is 8.85. The fourth-order valence-corrected chi connectivity index (χ4v) is 1.63. The molecule has 0 saturated carbocycles. The van der Waals surface area contributed by atoms with Gasteiger partial charge in [0, 0.05) is 9.92 Å². The minimum atomic E-state index is -0.389. The minimum Gasteiger partial charge on any atom is -0.389 e. The van der Waals surface area contributed by atoms with Gasteiger partial charge >= 0.3 is 0 Å². The second-order valence-corrected chi connectivity index (χ2v) is 4.06. The summed E-state index contributed by atoms with van der Waals surface area (Å²) in [5.74, 6) is 0. The Balaban J connectivity index is 2.50. The van der Waals surface area contributed by atoms with Crippen LogP contribution >= 0.6 is 23.4 Å². The zero-order valence-electron chi connectivity index (χ0n) is 7.27. The van der Waals surface area contributed by atoms with Crippen molar-refractivity contribution in [3.8, 4) is 0 Å². The average molecular weight is 215 g/mol. The van der Waals surface area contributed by atoms with Crippen LogP contribution in [-0.4, -0.2) is 11.2 Å². The van der Waals surface area contributed by atoms with Crippen molar-refractivity contribution in [2.75, 3.05) is 0 Å². The summed E-state index contributed by atoms with van der Waals surface area (Å²) in [7, 11) is 0. The number of rotatable bonds is 3. The van der Waals surface area contributed by atoms with Crippen LogP contribution in [0.15, 0.2) is 40.6 Å². The molecule has 1 aromatic rings. The molecule has 0 saturated heterocycles. The topological polar surface area (TPSA) is 20.2 Å². The highest BCUT2D eigenvalue weighted by Gasteiger charge is 1.91. The molecule has 1 unspecified atom stereocenters. The lowest BCUT2D eigenvalue weighted by Gasteiger charge is -1.96. The third-order valence-electron chi connectivity index (χ3n) is 1.37. The first-order chi connectivity index (χ1) is 6.18. The third-order valence-corrected chi connectivity index (χ3v) is 2.46. The summed E-state index contributed by atoms with van der Waals surface area (Å²) in [6.07, 6.45) is 1.35. The van der Waals surface area contributed by atoms with Crippen LogP contribution < -0.4 is 0 Å². The summed E-state index contributed by atoms with van der Waals surface area (Å²) in [6, 6.07) is 7.58. The summed E-state index contributed by atoms with van der Waals surface area (Å²) in [6.45, 7) is 1.72. The number of benzene rings is 1. The summed E-state index contributed by atoms with van der Waals surface area (Å²) in [4.78, 5) is 1.11. The Labute approximate surface area is 87.4 Å². The Bertz CT molecular complexity index is 279. The van der Waals surface area contributed by atoms with Crippen molar-refractivity contribution in [3.05, 3.63) is 40.8 Å². The lowest BCUT2D eigenvalue weighted by molar-refractivity contribution is 0.244. The van der Waals surface area contributed by atoms with Gasteiger partial charge in [-0.25, -0.2) is 0 Å². The maximum Gasteiger partial charge on any atom is 0.0700 e. The molecule has 0 fully saturated rings. The Hall–Kier alpha value is -0.440. The minimum absolute atomic E-state index is 0.389. The number of hydrogen-bond acceptors (Lipinski definition) is 2. The Morgan fingerprint density at radius 2 is 2.00 bits per heavy atom. The van der Waals surface area contributed by atoms with Gasteiger partial charge in [0.1, 0.15) is 0 Å². The van der Waals surface area contributed by atoms with Gasteiger partial charge in [-0.05, 0) is 42.7 Å². The van der Waals surface area contributed by atoms with Gasteiger partial charge in [0.25, 0.3) is 0 Å². The molecule has 0 bridgehead atoms. The molecule has 0 aliphatic carbocycles. The van der Waals surface area contributed by atoms with Crippen LogP contribution in [-0.2, 0) is 0 Å². The van der Waals surface area contributed by atoms with E-state index in [0.29, 0.717) is 0 Å². The predicted octanol–water partition coefficient (Wildman–Crippen LogP) is 3.33. The molecule has 0 radical (unpaired) electrons. The van der Waals surface area contributed by atoms with Crippen LogP contribution in [0.5, 0.6) is 0 Å². The molecule has 0 aliphatic rings. The fourth-order valence-electron chi connectivity index (χ4n) is 0.745. The van der Waals surface area contributed by atoms with E-state index in [1.165, 1.54) is 0 Å². The van der Waals surface area contributed by atoms with Crippen molar-refractivity contribution >= 4 is 23.4 Å². The molecular formula is C10H11ClOS. The second-order valence-electron chi connectivity index (χ2n) is 2.64. The van der Waals surface area contributed by atoms with Crippen molar-refractivity contribution in [1.82, 2.24) is 0 Å². The van der Waals surface area contributed by atoms with E-state index < -0.39 is 0 Å².